The van der Waals surface area contributed by atoms with Gasteiger partial charge in [0.25, 0.3) is 5.56 Å². The fraction of sp³-hybridized carbons (Fsp3) is 0.667. The predicted octanol–water partition coefficient (Wildman–Crippen LogP) is 0.632. The van der Waals surface area contributed by atoms with E-state index in [2.05, 4.69) is 14.3 Å². The van der Waals surface area contributed by atoms with Gasteiger partial charge in [0.15, 0.2) is 4.83 Å². The fourth-order valence-corrected chi connectivity index (χ4v) is 3.89. The third kappa shape index (κ3) is 3.60. The Bertz CT molecular complexity index is 734. The molecule has 1 aliphatic heterocycles. The summed E-state index contributed by atoms with van der Waals surface area (Å²) in [6.07, 6.45) is 1.18. The van der Waals surface area contributed by atoms with Crippen LogP contribution in [0.4, 0.5) is 0 Å². The average Bonchev–Trinajstić information content (AvgIpc) is 2.83. The zero-order valence-corrected chi connectivity index (χ0v) is 14.4. The molecule has 2 aromatic rings. The number of aromatic nitrogens is 3. The number of ether oxygens (including phenoxy) is 1. The summed E-state index contributed by atoms with van der Waals surface area (Å²) in [6, 6.07) is 0. The van der Waals surface area contributed by atoms with E-state index in [0.717, 1.165) is 13.1 Å². The van der Waals surface area contributed by atoms with Crippen LogP contribution in [0, 0.1) is 6.92 Å². The number of nitrogens with zero attached hydrogens (tertiary/aromatic N) is 4. The second-order valence-corrected chi connectivity index (χ2v) is 7.03. The molecule has 8 heteroatoms. The third-order valence-corrected chi connectivity index (χ3v) is 4.85. The van der Waals surface area contributed by atoms with Crippen LogP contribution in [0.2, 0.25) is 0 Å². The van der Waals surface area contributed by atoms with Crippen LogP contribution in [-0.2, 0) is 11.3 Å². The third-order valence-electron chi connectivity index (χ3n) is 4.01. The lowest BCUT2D eigenvalue weighted by atomic mass is 10.2. The van der Waals surface area contributed by atoms with Gasteiger partial charge in [-0.25, -0.2) is 4.98 Å². The van der Waals surface area contributed by atoms with E-state index in [1.165, 1.54) is 22.4 Å². The second-order valence-electron chi connectivity index (χ2n) is 6.28. The van der Waals surface area contributed by atoms with Crippen LogP contribution in [0.5, 0.6) is 0 Å². The van der Waals surface area contributed by atoms with Crippen molar-refractivity contribution in [3.63, 3.8) is 0 Å². The summed E-state index contributed by atoms with van der Waals surface area (Å²) in [7, 11) is 0. The minimum atomic E-state index is -0.628. The van der Waals surface area contributed by atoms with Gasteiger partial charge in [0, 0.05) is 19.6 Å². The van der Waals surface area contributed by atoms with Crippen molar-refractivity contribution >= 4 is 21.7 Å². The average molecular weight is 338 g/mol. The minimum Gasteiger partial charge on any atom is -0.390 e. The monoisotopic (exact) mass is 338 g/mol. The van der Waals surface area contributed by atoms with Crippen molar-refractivity contribution in [3.05, 3.63) is 22.4 Å². The summed E-state index contributed by atoms with van der Waals surface area (Å²) < 4.78 is 11.3. The van der Waals surface area contributed by atoms with Crippen molar-refractivity contribution in [2.24, 2.45) is 0 Å². The van der Waals surface area contributed by atoms with E-state index in [1.807, 2.05) is 13.8 Å². The summed E-state index contributed by atoms with van der Waals surface area (Å²) in [5, 5.41) is 10.9. The number of rotatable bonds is 4. The number of morpholine rings is 1. The molecule has 3 unspecified atom stereocenters. The standard InChI is InChI=1S/C15H22N4O3S/c1-9-4-18(5-10(2)22-9)6-12(20)7-19-8-16-14-13(15(19)21)11(3)17-23-14/h8-10,12,20H,4-7H2,1-3H3. The molecule has 7 nitrogen and oxygen atoms in total. The Kier molecular flexibility index (Phi) is 4.77. The van der Waals surface area contributed by atoms with Crippen molar-refractivity contribution in [1.82, 2.24) is 18.8 Å². The van der Waals surface area contributed by atoms with Gasteiger partial charge in [0.1, 0.15) is 0 Å². The van der Waals surface area contributed by atoms with Crippen LogP contribution in [0.25, 0.3) is 10.2 Å². The van der Waals surface area contributed by atoms with Crippen LogP contribution in [-0.4, -0.2) is 61.9 Å². The Morgan fingerprint density at radius 1 is 1.39 bits per heavy atom. The van der Waals surface area contributed by atoms with E-state index < -0.39 is 6.10 Å². The fourth-order valence-electron chi connectivity index (χ4n) is 3.16. The highest BCUT2D eigenvalue weighted by Gasteiger charge is 2.24. The van der Waals surface area contributed by atoms with Crippen molar-refractivity contribution in [2.45, 2.75) is 45.6 Å². The Hall–Kier alpha value is -1.35. The molecule has 3 heterocycles. The molecular weight excluding hydrogens is 316 g/mol. The quantitative estimate of drug-likeness (QED) is 0.881. The molecule has 3 rings (SSSR count). The zero-order chi connectivity index (χ0) is 16.6. The summed E-state index contributed by atoms with van der Waals surface area (Å²) in [5.74, 6) is 0. The van der Waals surface area contributed by atoms with Crippen LogP contribution in [0.1, 0.15) is 19.5 Å². The number of fused-ring (bicyclic) bond motifs is 1. The molecular formula is C15H22N4O3S. The predicted molar refractivity (Wildman–Crippen MR) is 88.9 cm³/mol. The van der Waals surface area contributed by atoms with E-state index >= 15 is 0 Å². The van der Waals surface area contributed by atoms with Crippen LogP contribution < -0.4 is 5.56 Å². The molecule has 2 aromatic heterocycles. The van der Waals surface area contributed by atoms with Gasteiger partial charge < -0.3 is 9.84 Å². The minimum absolute atomic E-state index is 0.135. The van der Waals surface area contributed by atoms with Gasteiger partial charge >= 0.3 is 0 Å². The molecule has 0 spiro atoms. The van der Waals surface area contributed by atoms with Crippen molar-refractivity contribution in [3.8, 4) is 0 Å². The summed E-state index contributed by atoms with van der Waals surface area (Å²) >= 11 is 1.23. The highest BCUT2D eigenvalue weighted by molar-refractivity contribution is 7.12. The molecule has 3 atom stereocenters. The highest BCUT2D eigenvalue weighted by Crippen LogP contribution is 2.15. The molecule has 1 fully saturated rings. The van der Waals surface area contributed by atoms with E-state index in [1.54, 1.807) is 6.92 Å². The molecule has 0 bridgehead atoms. The molecule has 0 radical (unpaired) electrons. The lowest BCUT2D eigenvalue weighted by Crippen LogP contribution is -2.48. The maximum Gasteiger partial charge on any atom is 0.264 e. The lowest BCUT2D eigenvalue weighted by molar-refractivity contribution is -0.0773. The summed E-state index contributed by atoms with van der Waals surface area (Å²) in [6.45, 7) is 8.20. The smallest absolute Gasteiger partial charge is 0.264 e. The molecule has 0 aliphatic carbocycles. The number of hydrogen-bond donors (Lipinski definition) is 1. The molecule has 0 amide bonds. The number of aliphatic hydroxyl groups is 1. The van der Waals surface area contributed by atoms with E-state index in [4.69, 9.17) is 4.74 Å². The number of aryl methyl sites for hydroxylation is 1. The van der Waals surface area contributed by atoms with E-state index in [0.29, 0.717) is 22.5 Å². The molecule has 1 aliphatic rings. The van der Waals surface area contributed by atoms with Crippen molar-refractivity contribution in [2.75, 3.05) is 19.6 Å². The SMILES string of the molecule is Cc1nsc2ncn(CC(O)CN3CC(C)OC(C)C3)c(=O)c12. The van der Waals surface area contributed by atoms with Gasteiger partial charge in [-0.2, -0.15) is 4.37 Å². The Morgan fingerprint density at radius 3 is 2.78 bits per heavy atom. The first-order valence-corrected chi connectivity index (χ1v) is 8.58. The maximum absolute atomic E-state index is 12.5. The number of β-amino-alcohol motifs (C(OH)–C–C–N with tert-alkyl or cyclic N) is 1. The molecule has 126 valence electrons. The van der Waals surface area contributed by atoms with Crippen molar-refractivity contribution in [1.29, 1.82) is 0 Å². The van der Waals surface area contributed by atoms with Gasteiger partial charge in [-0.1, -0.05) is 0 Å². The summed E-state index contributed by atoms with van der Waals surface area (Å²) in [5.41, 5.74) is 0.561. The van der Waals surface area contributed by atoms with Gasteiger partial charge in [-0.15, -0.1) is 0 Å². The first-order valence-electron chi connectivity index (χ1n) is 7.81. The van der Waals surface area contributed by atoms with Crippen molar-refractivity contribution < 1.29 is 9.84 Å². The number of aliphatic hydroxyl groups excluding tert-OH is 1. The largest absolute Gasteiger partial charge is 0.390 e. The van der Waals surface area contributed by atoms with Gasteiger partial charge in [0.2, 0.25) is 0 Å². The zero-order valence-electron chi connectivity index (χ0n) is 13.6. The Labute approximate surface area is 138 Å². The van der Waals surface area contributed by atoms with Crippen LogP contribution >= 0.6 is 11.5 Å². The second kappa shape index (κ2) is 6.64. The topological polar surface area (TPSA) is 80.5 Å². The first kappa shape index (κ1) is 16.5. The Balaban J connectivity index is 1.70. The van der Waals surface area contributed by atoms with Gasteiger partial charge in [-0.3, -0.25) is 14.3 Å². The maximum atomic E-state index is 12.5. The Morgan fingerprint density at radius 2 is 2.09 bits per heavy atom. The molecule has 23 heavy (non-hydrogen) atoms. The lowest BCUT2D eigenvalue weighted by Gasteiger charge is -2.36. The van der Waals surface area contributed by atoms with Gasteiger partial charge in [0.05, 0.1) is 42.3 Å². The molecule has 1 saturated heterocycles. The number of hydrogen-bond acceptors (Lipinski definition) is 7. The van der Waals surface area contributed by atoms with Gasteiger partial charge in [-0.05, 0) is 32.3 Å². The molecule has 0 saturated carbocycles. The van der Waals surface area contributed by atoms with Crippen LogP contribution in [0.3, 0.4) is 0 Å². The van der Waals surface area contributed by atoms with Crippen LogP contribution in [0.15, 0.2) is 11.1 Å². The summed E-state index contributed by atoms with van der Waals surface area (Å²) in [4.78, 5) is 19.6. The molecule has 1 N–H and O–H groups in total. The van der Waals surface area contributed by atoms with E-state index in [9.17, 15) is 9.90 Å². The highest BCUT2D eigenvalue weighted by atomic mass is 32.1. The first-order chi connectivity index (χ1) is 10.9. The normalized spacial score (nSPS) is 24.2. The van der Waals surface area contributed by atoms with E-state index in [-0.39, 0.29) is 24.3 Å². The molecule has 0 aromatic carbocycles.